The van der Waals surface area contributed by atoms with E-state index < -0.39 is 0 Å². The summed E-state index contributed by atoms with van der Waals surface area (Å²) in [5.41, 5.74) is 2.23. The Morgan fingerprint density at radius 1 is 1.11 bits per heavy atom. The maximum absolute atomic E-state index is 6.33. The number of halogens is 3. The minimum atomic E-state index is 0.600. The number of hydrogen-bond donors (Lipinski definition) is 0. The smallest absolute Gasteiger partial charge is 0.171 e. The third kappa shape index (κ3) is 2.82. The molecule has 0 saturated heterocycles. The molecule has 6 heteroatoms. The summed E-state index contributed by atoms with van der Waals surface area (Å²) >= 11 is 17.3. The second kappa shape index (κ2) is 5.68. The molecule has 0 atom stereocenters. The first-order valence-corrected chi connectivity index (χ1v) is 8.52. The SMILES string of the molecule is Clc1nc(-c2cc(Br)c(Cl)s2)nc2c1CCCCC2. The Kier molecular flexibility index (Phi) is 4.13. The average Bonchev–Trinajstić information content (AvgIpc) is 2.61. The molecule has 0 aliphatic heterocycles. The van der Waals surface area contributed by atoms with Crippen LogP contribution in [0.25, 0.3) is 10.7 Å². The van der Waals surface area contributed by atoms with Gasteiger partial charge in [0.05, 0.1) is 4.88 Å². The quantitative estimate of drug-likeness (QED) is 0.481. The highest BCUT2D eigenvalue weighted by molar-refractivity contribution is 9.10. The van der Waals surface area contributed by atoms with E-state index in [1.807, 2.05) is 6.07 Å². The third-order valence-electron chi connectivity index (χ3n) is 3.25. The molecule has 0 unspecified atom stereocenters. The number of aryl methyl sites for hydroxylation is 1. The molecule has 0 saturated carbocycles. The number of fused-ring (bicyclic) bond motifs is 1. The Morgan fingerprint density at radius 3 is 2.63 bits per heavy atom. The summed E-state index contributed by atoms with van der Waals surface area (Å²) in [7, 11) is 0. The van der Waals surface area contributed by atoms with E-state index in [0.29, 0.717) is 15.3 Å². The van der Waals surface area contributed by atoms with Gasteiger partial charge in [-0.1, -0.05) is 29.6 Å². The van der Waals surface area contributed by atoms with Gasteiger partial charge in [0, 0.05) is 15.7 Å². The van der Waals surface area contributed by atoms with Crippen molar-refractivity contribution >= 4 is 50.5 Å². The van der Waals surface area contributed by atoms with Crippen molar-refractivity contribution in [2.24, 2.45) is 0 Å². The third-order valence-corrected chi connectivity index (χ3v) is 6.03. The summed E-state index contributed by atoms with van der Waals surface area (Å²) in [5, 5.41) is 0.600. The van der Waals surface area contributed by atoms with Gasteiger partial charge in [0.25, 0.3) is 0 Å². The molecule has 2 heterocycles. The summed E-state index contributed by atoms with van der Waals surface area (Å²) < 4.78 is 1.59. The first-order valence-electron chi connectivity index (χ1n) is 6.15. The first-order chi connectivity index (χ1) is 9.15. The Hall–Kier alpha value is -0.160. The van der Waals surface area contributed by atoms with Gasteiger partial charge in [-0.3, -0.25) is 0 Å². The van der Waals surface area contributed by atoms with Gasteiger partial charge < -0.3 is 0 Å². The van der Waals surface area contributed by atoms with E-state index in [2.05, 4.69) is 20.9 Å². The van der Waals surface area contributed by atoms with Gasteiger partial charge in [0.15, 0.2) is 5.82 Å². The molecule has 0 aromatic carbocycles. The fraction of sp³-hybridized carbons (Fsp3) is 0.385. The standard InChI is InChI=1S/C13H11BrCl2N2S/c14-8-6-10(19-12(8)16)13-17-9-5-3-1-2-4-7(9)11(15)18-13/h6H,1-5H2. The second-order valence-electron chi connectivity index (χ2n) is 4.56. The van der Waals surface area contributed by atoms with Crippen molar-refractivity contribution in [2.75, 3.05) is 0 Å². The molecule has 100 valence electrons. The molecule has 0 spiro atoms. The van der Waals surface area contributed by atoms with Crippen LogP contribution >= 0.6 is 50.5 Å². The van der Waals surface area contributed by atoms with E-state index in [-0.39, 0.29) is 0 Å². The van der Waals surface area contributed by atoms with Crippen LogP contribution in [0.5, 0.6) is 0 Å². The molecule has 1 aliphatic carbocycles. The second-order valence-corrected chi connectivity index (χ2v) is 7.42. The molecule has 19 heavy (non-hydrogen) atoms. The molecule has 0 radical (unpaired) electrons. The van der Waals surface area contributed by atoms with Crippen LogP contribution in [0.15, 0.2) is 10.5 Å². The normalized spacial score (nSPS) is 15.1. The molecule has 2 nitrogen and oxygen atoms in total. The highest BCUT2D eigenvalue weighted by atomic mass is 79.9. The zero-order valence-electron chi connectivity index (χ0n) is 10.0. The number of hydrogen-bond acceptors (Lipinski definition) is 3. The van der Waals surface area contributed by atoms with Crippen molar-refractivity contribution in [3.8, 4) is 10.7 Å². The van der Waals surface area contributed by atoms with E-state index >= 15 is 0 Å². The molecular formula is C13H11BrCl2N2S. The van der Waals surface area contributed by atoms with Crippen LogP contribution in [0.2, 0.25) is 9.49 Å². The summed E-state index contributed by atoms with van der Waals surface area (Å²) in [5.74, 6) is 0.684. The van der Waals surface area contributed by atoms with E-state index in [4.69, 9.17) is 28.2 Å². The van der Waals surface area contributed by atoms with Crippen LogP contribution in [0.3, 0.4) is 0 Å². The van der Waals surface area contributed by atoms with Crippen LogP contribution in [0.4, 0.5) is 0 Å². The molecule has 3 rings (SSSR count). The van der Waals surface area contributed by atoms with E-state index in [1.165, 1.54) is 30.6 Å². The number of thiophene rings is 1. The van der Waals surface area contributed by atoms with E-state index in [9.17, 15) is 0 Å². The zero-order chi connectivity index (χ0) is 13.4. The lowest BCUT2D eigenvalue weighted by Crippen LogP contribution is -2.01. The van der Waals surface area contributed by atoms with Crippen molar-refractivity contribution in [1.82, 2.24) is 9.97 Å². The van der Waals surface area contributed by atoms with Crippen molar-refractivity contribution in [3.05, 3.63) is 31.3 Å². The maximum atomic E-state index is 6.33. The van der Waals surface area contributed by atoms with Crippen molar-refractivity contribution in [1.29, 1.82) is 0 Å². The van der Waals surface area contributed by atoms with Crippen LogP contribution in [0.1, 0.15) is 30.5 Å². The summed E-state index contributed by atoms with van der Waals surface area (Å²) in [6.07, 6.45) is 5.56. The van der Waals surface area contributed by atoms with E-state index in [1.54, 1.807) is 0 Å². The van der Waals surface area contributed by atoms with Gasteiger partial charge in [-0.15, -0.1) is 11.3 Å². The number of aromatic nitrogens is 2. The van der Waals surface area contributed by atoms with Gasteiger partial charge in [0.1, 0.15) is 9.49 Å². The largest absolute Gasteiger partial charge is 0.232 e. The van der Waals surface area contributed by atoms with Crippen LogP contribution in [-0.2, 0) is 12.8 Å². The van der Waals surface area contributed by atoms with E-state index in [0.717, 1.165) is 33.4 Å². The Morgan fingerprint density at radius 2 is 1.89 bits per heavy atom. The predicted molar refractivity (Wildman–Crippen MR) is 84.3 cm³/mol. The lowest BCUT2D eigenvalue weighted by molar-refractivity contribution is 0.709. The summed E-state index contributed by atoms with van der Waals surface area (Å²) in [6, 6.07) is 1.95. The maximum Gasteiger partial charge on any atom is 0.171 e. The highest BCUT2D eigenvalue weighted by Crippen LogP contribution is 2.37. The molecule has 2 aromatic heterocycles. The number of nitrogens with zero attached hydrogens (tertiary/aromatic N) is 2. The van der Waals surface area contributed by atoms with Gasteiger partial charge in [-0.05, 0) is 47.7 Å². The fourth-order valence-electron chi connectivity index (χ4n) is 2.29. The Bertz CT molecular complexity index is 608. The summed E-state index contributed by atoms with van der Waals surface area (Å²) in [4.78, 5) is 10.1. The van der Waals surface area contributed by atoms with Crippen molar-refractivity contribution in [3.63, 3.8) is 0 Å². The zero-order valence-corrected chi connectivity index (χ0v) is 14.0. The fourth-order valence-corrected chi connectivity index (χ4v) is 4.21. The van der Waals surface area contributed by atoms with Crippen LogP contribution < -0.4 is 0 Å². The molecule has 0 N–H and O–H groups in total. The molecule has 0 fully saturated rings. The first kappa shape index (κ1) is 13.8. The molecule has 1 aliphatic rings. The van der Waals surface area contributed by atoms with Gasteiger partial charge in [-0.2, -0.15) is 0 Å². The molecule has 0 amide bonds. The Labute approximate surface area is 134 Å². The minimum Gasteiger partial charge on any atom is -0.232 e. The highest BCUT2D eigenvalue weighted by Gasteiger charge is 2.17. The van der Waals surface area contributed by atoms with Gasteiger partial charge >= 0.3 is 0 Å². The van der Waals surface area contributed by atoms with Gasteiger partial charge in [0.2, 0.25) is 0 Å². The molecule has 2 aromatic rings. The van der Waals surface area contributed by atoms with Crippen molar-refractivity contribution in [2.45, 2.75) is 32.1 Å². The average molecular weight is 378 g/mol. The number of rotatable bonds is 1. The predicted octanol–water partition coefficient (Wildman–Crippen LogP) is 5.54. The lowest BCUT2D eigenvalue weighted by Gasteiger charge is -2.08. The minimum absolute atomic E-state index is 0.600. The van der Waals surface area contributed by atoms with Crippen LogP contribution in [-0.4, -0.2) is 9.97 Å². The summed E-state index contributed by atoms with van der Waals surface area (Å²) in [6.45, 7) is 0. The molecule has 0 bridgehead atoms. The Balaban J connectivity index is 2.08. The topological polar surface area (TPSA) is 25.8 Å². The molecular weight excluding hydrogens is 367 g/mol. The monoisotopic (exact) mass is 376 g/mol. The van der Waals surface area contributed by atoms with Gasteiger partial charge in [-0.25, -0.2) is 9.97 Å². The van der Waals surface area contributed by atoms with Crippen molar-refractivity contribution < 1.29 is 0 Å². The lowest BCUT2D eigenvalue weighted by atomic mass is 10.1. The van der Waals surface area contributed by atoms with Crippen LogP contribution in [0, 0.1) is 0 Å².